The Morgan fingerprint density at radius 1 is 1.41 bits per heavy atom. The molecule has 1 aliphatic rings. The zero-order chi connectivity index (χ0) is 15.7. The third-order valence-corrected chi connectivity index (χ3v) is 4.57. The van der Waals surface area contributed by atoms with Gasteiger partial charge in [-0.3, -0.25) is 18.9 Å². The molecule has 3 rings (SSSR count). The number of aromatic nitrogens is 2. The fourth-order valence-electron chi connectivity index (χ4n) is 2.61. The number of hydrogen-bond donors (Lipinski definition) is 1. The number of amides is 1. The van der Waals surface area contributed by atoms with Gasteiger partial charge in [0, 0.05) is 50.4 Å². The number of thiazole rings is 1. The minimum absolute atomic E-state index is 0.00368. The first-order valence-electron chi connectivity index (χ1n) is 7.27. The molecule has 1 fully saturated rings. The van der Waals surface area contributed by atoms with Crippen LogP contribution in [0.15, 0.2) is 22.4 Å². The van der Waals surface area contributed by atoms with Crippen molar-refractivity contribution in [3.05, 3.63) is 33.7 Å². The van der Waals surface area contributed by atoms with E-state index in [1.807, 2.05) is 5.38 Å². The van der Waals surface area contributed by atoms with Gasteiger partial charge in [0.15, 0.2) is 4.96 Å². The smallest absolute Gasteiger partial charge is 0.258 e. The van der Waals surface area contributed by atoms with Gasteiger partial charge in [-0.05, 0) is 6.92 Å². The second-order valence-electron chi connectivity index (χ2n) is 5.53. The summed E-state index contributed by atoms with van der Waals surface area (Å²) in [5, 5.41) is 1.85. The largest absolute Gasteiger partial charge is 0.339 e. The molecule has 22 heavy (non-hydrogen) atoms. The lowest BCUT2D eigenvalue weighted by Gasteiger charge is -2.35. The standard InChI is InChI=1S/C14H19N5O2S/c1-10(15)13(21)18-4-2-17(3-5-18)9-11-8-12(20)19-6-7-22-14(19)16-11/h6-8,10H,2-5,9,15H2,1H3. The number of carbonyl (C=O) groups excluding carboxylic acids is 1. The van der Waals surface area contributed by atoms with Crippen molar-refractivity contribution < 1.29 is 4.79 Å². The zero-order valence-electron chi connectivity index (χ0n) is 12.4. The first-order chi connectivity index (χ1) is 10.5. The van der Waals surface area contributed by atoms with Crippen LogP contribution < -0.4 is 11.3 Å². The Hall–Kier alpha value is -1.77. The molecule has 1 amide bonds. The van der Waals surface area contributed by atoms with E-state index in [0.29, 0.717) is 24.6 Å². The van der Waals surface area contributed by atoms with Gasteiger partial charge < -0.3 is 10.6 Å². The molecule has 8 heteroatoms. The van der Waals surface area contributed by atoms with Gasteiger partial charge in [0.05, 0.1) is 11.7 Å². The molecule has 1 saturated heterocycles. The molecular weight excluding hydrogens is 302 g/mol. The molecule has 2 aromatic rings. The predicted octanol–water partition coefficient (Wildman–Crippen LogP) is -0.253. The molecule has 118 valence electrons. The molecule has 0 saturated carbocycles. The van der Waals surface area contributed by atoms with E-state index in [1.165, 1.54) is 11.3 Å². The summed E-state index contributed by atoms with van der Waals surface area (Å²) >= 11 is 1.45. The highest BCUT2D eigenvalue weighted by molar-refractivity contribution is 7.15. The quantitative estimate of drug-likeness (QED) is 0.842. The maximum absolute atomic E-state index is 12.0. The van der Waals surface area contributed by atoms with Crippen LogP contribution in [-0.4, -0.2) is 57.3 Å². The van der Waals surface area contributed by atoms with E-state index < -0.39 is 6.04 Å². The van der Waals surface area contributed by atoms with Crippen LogP contribution in [-0.2, 0) is 11.3 Å². The average molecular weight is 321 g/mol. The number of carbonyl (C=O) groups is 1. The van der Waals surface area contributed by atoms with E-state index in [9.17, 15) is 9.59 Å². The van der Waals surface area contributed by atoms with Crippen molar-refractivity contribution in [1.29, 1.82) is 0 Å². The van der Waals surface area contributed by atoms with E-state index in [4.69, 9.17) is 5.73 Å². The molecule has 0 aromatic carbocycles. The van der Waals surface area contributed by atoms with Crippen LogP contribution in [0.25, 0.3) is 4.96 Å². The van der Waals surface area contributed by atoms with E-state index >= 15 is 0 Å². The highest BCUT2D eigenvalue weighted by atomic mass is 32.1. The summed E-state index contributed by atoms with van der Waals surface area (Å²) in [6.07, 6.45) is 1.73. The normalized spacial score (nSPS) is 17.8. The van der Waals surface area contributed by atoms with Gasteiger partial charge in [-0.25, -0.2) is 4.98 Å². The van der Waals surface area contributed by atoms with Crippen LogP contribution in [0, 0.1) is 0 Å². The summed E-state index contributed by atoms with van der Waals surface area (Å²) in [5.74, 6) is -0.00368. The van der Waals surface area contributed by atoms with Crippen LogP contribution in [0.2, 0.25) is 0 Å². The van der Waals surface area contributed by atoms with Crippen molar-refractivity contribution in [2.75, 3.05) is 26.2 Å². The Bertz CT molecular complexity index is 730. The number of nitrogens with zero attached hydrogens (tertiary/aromatic N) is 4. The molecular formula is C14H19N5O2S. The molecule has 1 atom stereocenters. The van der Waals surface area contributed by atoms with Gasteiger partial charge >= 0.3 is 0 Å². The van der Waals surface area contributed by atoms with E-state index in [0.717, 1.165) is 18.8 Å². The predicted molar refractivity (Wildman–Crippen MR) is 84.8 cm³/mol. The molecule has 0 aliphatic carbocycles. The van der Waals surface area contributed by atoms with Gasteiger partial charge in [-0.1, -0.05) is 0 Å². The lowest BCUT2D eigenvalue weighted by atomic mass is 10.2. The molecule has 0 bridgehead atoms. The number of hydrogen-bond acceptors (Lipinski definition) is 6. The van der Waals surface area contributed by atoms with Crippen LogP contribution in [0.4, 0.5) is 0 Å². The Balaban J connectivity index is 1.64. The molecule has 2 N–H and O–H groups in total. The van der Waals surface area contributed by atoms with Gasteiger partial charge in [-0.2, -0.15) is 0 Å². The third-order valence-electron chi connectivity index (χ3n) is 3.82. The first-order valence-corrected chi connectivity index (χ1v) is 8.15. The number of rotatable bonds is 3. The fourth-order valence-corrected chi connectivity index (χ4v) is 3.35. The van der Waals surface area contributed by atoms with Gasteiger partial charge in [0.1, 0.15) is 0 Å². The second kappa shape index (κ2) is 6.15. The first kappa shape index (κ1) is 15.1. The van der Waals surface area contributed by atoms with Crippen molar-refractivity contribution in [2.45, 2.75) is 19.5 Å². The summed E-state index contributed by atoms with van der Waals surface area (Å²) in [6, 6.07) is 1.13. The topological polar surface area (TPSA) is 83.9 Å². The fraction of sp³-hybridized carbons (Fsp3) is 0.500. The monoisotopic (exact) mass is 321 g/mol. The SMILES string of the molecule is CC(N)C(=O)N1CCN(Cc2cc(=O)n3ccsc3n2)CC1. The molecule has 0 spiro atoms. The molecule has 1 aliphatic heterocycles. The summed E-state index contributed by atoms with van der Waals surface area (Å²) in [4.78, 5) is 33.0. The Kier molecular flexibility index (Phi) is 4.23. The van der Waals surface area contributed by atoms with Crippen LogP contribution in [0.1, 0.15) is 12.6 Å². The zero-order valence-corrected chi connectivity index (χ0v) is 13.3. The van der Waals surface area contributed by atoms with E-state index in [1.54, 1.807) is 28.5 Å². The Morgan fingerprint density at radius 2 is 2.14 bits per heavy atom. The van der Waals surface area contributed by atoms with Crippen molar-refractivity contribution in [1.82, 2.24) is 19.2 Å². The highest BCUT2D eigenvalue weighted by Crippen LogP contribution is 2.10. The second-order valence-corrected chi connectivity index (χ2v) is 6.40. The minimum atomic E-state index is -0.450. The van der Waals surface area contributed by atoms with Crippen molar-refractivity contribution in [3.63, 3.8) is 0 Å². The van der Waals surface area contributed by atoms with Gasteiger partial charge in [-0.15, -0.1) is 11.3 Å². The van der Waals surface area contributed by atoms with Crippen LogP contribution in [0.3, 0.4) is 0 Å². The maximum atomic E-state index is 12.0. The molecule has 2 aromatic heterocycles. The summed E-state index contributed by atoms with van der Waals surface area (Å²) in [7, 11) is 0. The number of fused-ring (bicyclic) bond motifs is 1. The molecule has 7 nitrogen and oxygen atoms in total. The lowest BCUT2D eigenvalue weighted by Crippen LogP contribution is -2.52. The molecule has 0 radical (unpaired) electrons. The lowest BCUT2D eigenvalue weighted by molar-refractivity contribution is -0.134. The number of piperazine rings is 1. The average Bonchev–Trinajstić information content (AvgIpc) is 2.96. The Labute approximate surface area is 132 Å². The maximum Gasteiger partial charge on any atom is 0.258 e. The van der Waals surface area contributed by atoms with E-state index in [2.05, 4.69) is 9.88 Å². The highest BCUT2D eigenvalue weighted by Gasteiger charge is 2.23. The van der Waals surface area contributed by atoms with Crippen molar-refractivity contribution in [2.24, 2.45) is 5.73 Å². The molecule has 3 heterocycles. The van der Waals surface area contributed by atoms with Gasteiger partial charge in [0.25, 0.3) is 5.56 Å². The van der Waals surface area contributed by atoms with Crippen LogP contribution in [0.5, 0.6) is 0 Å². The summed E-state index contributed by atoms with van der Waals surface area (Å²) in [6.45, 7) is 5.21. The number of nitrogens with two attached hydrogens (primary N) is 1. The van der Waals surface area contributed by atoms with Crippen LogP contribution >= 0.6 is 11.3 Å². The summed E-state index contributed by atoms with van der Waals surface area (Å²) < 4.78 is 1.55. The Morgan fingerprint density at radius 3 is 2.82 bits per heavy atom. The van der Waals surface area contributed by atoms with Crippen molar-refractivity contribution >= 4 is 22.2 Å². The molecule has 1 unspecified atom stereocenters. The minimum Gasteiger partial charge on any atom is -0.339 e. The third kappa shape index (κ3) is 3.03. The van der Waals surface area contributed by atoms with E-state index in [-0.39, 0.29) is 11.5 Å². The van der Waals surface area contributed by atoms with Gasteiger partial charge in [0.2, 0.25) is 5.91 Å². The summed E-state index contributed by atoms with van der Waals surface area (Å²) in [5.41, 5.74) is 6.36. The van der Waals surface area contributed by atoms with Crippen molar-refractivity contribution in [3.8, 4) is 0 Å².